The molecule has 0 heterocycles. The van der Waals surface area contributed by atoms with Crippen LogP contribution in [0.4, 0.5) is 0 Å². The van der Waals surface area contributed by atoms with Crippen molar-refractivity contribution in [1.29, 1.82) is 0 Å². The zero-order valence-corrected chi connectivity index (χ0v) is 29.5. The molecule has 1 amide bonds. The van der Waals surface area contributed by atoms with Gasteiger partial charge in [-0.3, -0.25) is 14.4 Å². The molecule has 3 atom stereocenters. The predicted octanol–water partition coefficient (Wildman–Crippen LogP) is 4.95. The van der Waals surface area contributed by atoms with Crippen molar-refractivity contribution in [2.75, 3.05) is 13.2 Å². The van der Waals surface area contributed by atoms with Crippen LogP contribution in [0.15, 0.2) is 42.5 Å². The molecule has 16 nitrogen and oxygen atoms in total. The Bertz CT molecular complexity index is 1100. The van der Waals surface area contributed by atoms with Gasteiger partial charge in [-0.15, -0.1) is 20.2 Å². The average molecular weight is 716 g/mol. The number of nitrogens with zero attached hydrogens (tertiary/aromatic N) is 2. The van der Waals surface area contributed by atoms with E-state index in [2.05, 4.69) is 51.4 Å². The molecule has 0 radical (unpaired) electrons. The van der Waals surface area contributed by atoms with E-state index in [4.69, 9.17) is 9.84 Å². The molecule has 1 aromatic rings. The standard InChI is InChI=1S/C16H24O.C10H18O2.C8H13N3O9.H2O/c17-16-12-11-15(13-16)10-6-2-5-9-14-7-3-1-4-8-14;1-4-5-6-7-8-10(11)12-9(2)3;12-7(9-4-8(13)14)3-1-2-6(20-11(17)18)5-19-10(15)16;/h1,3-4,7-8,15-17H,2,5-6,9-13H2;4-5,9H,6-8H2,1-3H3;6H,1-5H2,(H,9,12)(H,13,14);1H2/b;5-4-;;. The van der Waals surface area contributed by atoms with Gasteiger partial charge in [0, 0.05) is 12.8 Å². The van der Waals surface area contributed by atoms with Crippen LogP contribution in [-0.2, 0) is 35.2 Å². The van der Waals surface area contributed by atoms with Crippen molar-refractivity contribution in [3.63, 3.8) is 0 Å². The van der Waals surface area contributed by atoms with Crippen LogP contribution < -0.4 is 5.32 Å². The summed E-state index contributed by atoms with van der Waals surface area (Å²) in [7, 11) is 0. The first kappa shape index (κ1) is 47.8. The molecule has 1 aromatic carbocycles. The Kier molecular flexibility index (Phi) is 29.4. The number of esters is 1. The highest BCUT2D eigenvalue weighted by Crippen LogP contribution is 2.29. The number of allylic oxidation sites excluding steroid dienone is 2. The SMILES string of the molecule is C/C=C\CCCC(=O)OC(C)C.O.O=C(O)CNC(=O)CCCC(CO[N+](=O)[O-])O[N+](=O)[O-].OC1CCC(CCCCCc2ccccc2)C1. The Morgan fingerprint density at radius 1 is 1.00 bits per heavy atom. The fourth-order valence-corrected chi connectivity index (χ4v) is 4.93. The second kappa shape index (κ2) is 30.7. The molecular weight excluding hydrogens is 658 g/mol. The van der Waals surface area contributed by atoms with Crippen LogP contribution in [0.3, 0.4) is 0 Å². The molecule has 1 aliphatic carbocycles. The third-order valence-corrected chi connectivity index (χ3v) is 7.26. The molecule has 0 aliphatic heterocycles. The van der Waals surface area contributed by atoms with Crippen molar-refractivity contribution in [1.82, 2.24) is 5.32 Å². The lowest BCUT2D eigenvalue weighted by Crippen LogP contribution is -2.29. The fraction of sp³-hybridized carbons (Fsp3) is 0.676. The van der Waals surface area contributed by atoms with Crippen LogP contribution in [-0.4, -0.2) is 75.2 Å². The number of benzene rings is 1. The molecule has 3 unspecified atom stereocenters. The lowest BCUT2D eigenvalue weighted by molar-refractivity contribution is -0.790. The van der Waals surface area contributed by atoms with E-state index in [1.54, 1.807) is 0 Å². The maximum Gasteiger partial charge on any atom is 0.322 e. The van der Waals surface area contributed by atoms with E-state index in [1.807, 2.05) is 26.8 Å². The highest BCUT2D eigenvalue weighted by molar-refractivity contribution is 5.80. The van der Waals surface area contributed by atoms with Crippen LogP contribution in [0.25, 0.3) is 0 Å². The van der Waals surface area contributed by atoms with Crippen LogP contribution in [0.1, 0.15) is 110 Å². The fourth-order valence-electron chi connectivity index (χ4n) is 4.93. The van der Waals surface area contributed by atoms with Crippen molar-refractivity contribution in [2.45, 2.75) is 129 Å². The van der Waals surface area contributed by atoms with E-state index in [0.717, 1.165) is 31.6 Å². The van der Waals surface area contributed by atoms with Gasteiger partial charge in [-0.05, 0) is 90.0 Å². The summed E-state index contributed by atoms with van der Waals surface area (Å²) in [5.41, 5.74) is 1.46. The Hall–Kier alpha value is -4.31. The van der Waals surface area contributed by atoms with Crippen LogP contribution in [0.2, 0.25) is 0 Å². The van der Waals surface area contributed by atoms with Crippen molar-refractivity contribution in [2.24, 2.45) is 5.92 Å². The normalized spacial score (nSPS) is 15.3. The van der Waals surface area contributed by atoms with Gasteiger partial charge in [0.25, 0.3) is 10.2 Å². The number of rotatable bonds is 22. The Morgan fingerprint density at radius 2 is 1.70 bits per heavy atom. The first-order chi connectivity index (χ1) is 23.3. The number of hydrogen-bond acceptors (Lipinski definition) is 11. The van der Waals surface area contributed by atoms with Crippen molar-refractivity contribution in [3.8, 4) is 0 Å². The third-order valence-electron chi connectivity index (χ3n) is 7.26. The molecule has 50 heavy (non-hydrogen) atoms. The number of aryl methyl sites for hydroxylation is 1. The van der Waals surface area contributed by atoms with E-state index in [1.165, 1.54) is 44.1 Å². The van der Waals surface area contributed by atoms with E-state index >= 15 is 0 Å². The zero-order valence-electron chi connectivity index (χ0n) is 29.5. The van der Waals surface area contributed by atoms with Crippen molar-refractivity contribution < 1.29 is 54.7 Å². The van der Waals surface area contributed by atoms with Crippen LogP contribution >= 0.6 is 0 Å². The molecule has 1 aliphatic rings. The summed E-state index contributed by atoms with van der Waals surface area (Å²) in [5.74, 6) is -1.04. The number of carboxylic acid groups (broad SMARTS) is 1. The maximum atomic E-state index is 11.1. The molecule has 16 heteroatoms. The molecule has 0 bridgehead atoms. The molecule has 5 N–H and O–H groups in total. The van der Waals surface area contributed by atoms with Gasteiger partial charge < -0.3 is 35.4 Å². The number of hydrogen-bond donors (Lipinski definition) is 3. The summed E-state index contributed by atoms with van der Waals surface area (Å²) in [4.78, 5) is 60.5. The lowest BCUT2D eigenvalue weighted by Gasteiger charge is -2.13. The number of aliphatic hydroxyl groups excluding tert-OH is 1. The van der Waals surface area contributed by atoms with Crippen molar-refractivity contribution >= 4 is 17.8 Å². The minimum atomic E-state index is -1.20. The van der Waals surface area contributed by atoms with Gasteiger partial charge in [-0.1, -0.05) is 61.7 Å². The highest BCUT2D eigenvalue weighted by atomic mass is 17.0. The Balaban J connectivity index is 0. The second-order valence-corrected chi connectivity index (χ2v) is 12.0. The molecule has 0 saturated heterocycles. The first-order valence-corrected chi connectivity index (χ1v) is 16.9. The molecule has 286 valence electrons. The van der Waals surface area contributed by atoms with Gasteiger partial charge in [-0.25, -0.2) is 0 Å². The molecule has 1 fully saturated rings. The van der Waals surface area contributed by atoms with E-state index in [9.17, 15) is 39.7 Å². The minimum Gasteiger partial charge on any atom is -0.480 e. The summed E-state index contributed by atoms with van der Waals surface area (Å²) < 4.78 is 4.97. The zero-order chi connectivity index (χ0) is 36.9. The number of carboxylic acids is 1. The summed E-state index contributed by atoms with van der Waals surface area (Å²) in [6.45, 7) is 4.54. The molecular formula is C34H57N3O13. The smallest absolute Gasteiger partial charge is 0.322 e. The summed E-state index contributed by atoms with van der Waals surface area (Å²) in [5, 5.41) is 37.7. The number of carbonyl (C=O) groups excluding carboxylic acids is 2. The monoisotopic (exact) mass is 715 g/mol. The van der Waals surface area contributed by atoms with Crippen LogP contribution in [0, 0.1) is 26.1 Å². The van der Waals surface area contributed by atoms with E-state index in [0.29, 0.717) is 6.42 Å². The topological polar surface area (TPSA) is 249 Å². The summed E-state index contributed by atoms with van der Waals surface area (Å²) in [6, 6.07) is 10.8. The molecule has 0 aromatic heterocycles. The van der Waals surface area contributed by atoms with E-state index in [-0.39, 0.29) is 42.9 Å². The van der Waals surface area contributed by atoms with Crippen molar-refractivity contribution in [3.05, 3.63) is 68.3 Å². The highest BCUT2D eigenvalue weighted by Gasteiger charge is 2.22. The Morgan fingerprint density at radius 3 is 2.26 bits per heavy atom. The largest absolute Gasteiger partial charge is 0.480 e. The minimum absolute atomic E-state index is 0. The third kappa shape index (κ3) is 31.0. The number of ether oxygens (including phenoxy) is 1. The first-order valence-electron chi connectivity index (χ1n) is 16.9. The predicted molar refractivity (Wildman–Crippen MR) is 185 cm³/mol. The summed E-state index contributed by atoms with van der Waals surface area (Å²) >= 11 is 0. The van der Waals surface area contributed by atoms with Gasteiger partial charge in [0.2, 0.25) is 5.91 Å². The molecule has 0 spiro atoms. The average Bonchev–Trinajstić information content (AvgIpc) is 3.46. The lowest BCUT2D eigenvalue weighted by atomic mass is 9.98. The van der Waals surface area contributed by atoms with Gasteiger partial charge >= 0.3 is 11.9 Å². The number of nitrogens with one attached hydrogen (secondary N) is 1. The number of carbonyl (C=O) groups is 3. The van der Waals surface area contributed by atoms with Gasteiger partial charge in [0.05, 0.1) is 12.2 Å². The van der Waals surface area contributed by atoms with Gasteiger partial charge in [-0.2, -0.15) is 0 Å². The molecule has 2 rings (SSSR count). The quantitative estimate of drug-likeness (QED) is 0.0474. The number of aliphatic carboxylic acids is 1. The summed E-state index contributed by atoms with van der Waals surface area (Å²) in [6.07, 6.45) is 15.1. The number of aliphatic hydroxyl groups is 1. The number of amides is 1. The second-order valence-electron chi connectivity index (χ2n) is 12.0. The van der Waals surface area contributed by atoms with Gasteiger partial charge in [0.1, 0.15) is 19.3 Å². The number of unbranched alkanes of at least 4 members (excludes halogenated alkanes) is 3. The maximum absolute atomic E-state index is 11.1. The van der Waals surface area contributed by atoms with Gasteiger partial charge in [0.15, 0.2) is 0 Å². The van der Waals surface area contributed by atoms with E-state index < -0.39 is 41.3 Å². The Labute approximate surface area is 294 Å². The molecule has 1 saturated carbocycles. The van der Waals surface area contributed by atoms with Crippen LogP contribution in [0.5, 0.6) is 0 Å².